The van der Waals surface area contributed by atoms with Gasteiger partial charge in [-0.05, 0) is 38.5 Å². The van der Waals surface area contributed by atoms with Gasteiger partial charge in [0.05, 0.1) is 5.69 Å². The van der Waals surface area contributed by atoms with E-state index in [1.165, 1.54) is 6.07 Å². The maximum Gasteiger partial charge on any atom is 0.241 e. The second-order valence-electron chi connectivity index (χ2n) is 4.16. The third-order valence-corrected chi connectivity index (χ3v) is 2.72. The zero-order valence-corrected chi connectivity index (χ0v) is 10.7. The average Bonchev–Trinajstić information content (AvgIpc) is 2.61. The van der Waals surface area contributed by atoms with Crippen molar-refractivity contribution < 1.29 is 9.13 Å². The molecule has 0 aliphatic rings. The molecular weight excluding hydrogens is 233 g/mol. The first-order valence-electron chi connectivity index (χ1n) is 5.79. The lowest BCUT2D eigenvalue weighted by Crippen LogP contribution is -2.01. The van der Waals surface area contributed by atoms with Crippen LogP contribution in [-0.4, -0.2) is 9.78 Å². The first kappa shape index (κ1) is 12.4. The van der Waals surface area contributed by atoms with Crippen molar-refractivity contribution in [3.05, 3.63) is 35.3 Å². The largest absolute Gasteiger partial charge is 0.434 e. The van der Waals surface area contributed by atoms with Crippen molar-refractivity contribution in [3.8, 4) is 11.6 Å². The molecule has 4 nitrogen and oxygen atoms in total. The van der Waals surface area contributed by atoms with E-state index in [-0.39, 0.29) is 5.75 Å². The highest BCUT2D eigenvalue weighted by molar-refractivity contribution is 5.54. The Hall–Kier alpha value is -2.04. The van der Waals surface area contributed by atoms with E-state index in [9.17, 15) is 4.39 Å². The van der Waals surface area contributed by atoms with Gasteiger partial charge < -0.3 is 10.5 Å². The maximum atomic E-state index is 13.6. The number of ether oxygens (including phenoxy) is 1. The van der Waals surface area contributed by atoms with Crippen molar-refractivity contribution >= 4 is 5.69 Å². The molecule has 2 N–H and O–H groups in total. The zero-order valence-electron chi connectivity index (χ0n) is 10.7. The minimum Gasteiger partial charge on any atom is -0.434 e. The minimum atomic E-state index is -0.415. The molecule has 0 aliphatic carbocycles. The van der Waals surface area contributed by atoms with E-state index < -0.39 is 5.82 Å². The lowest BCUT2D eigenvalue weighted by Gasteiger charge is -2.09. The van der Waals surface area contributed by atoms with Crippen molar-refractivity contribution in [1.29, 1.82) is 0 Å². The van der Waals surface area contributed by atoms with Gasteiger partial charge in [0.1, 0.15) is 5.69 Å². The number of aryl methyl sites for hydroxylation is 3. The fourth-order valence-corrected chi connectivity index (χ4v) is 1.69. The molecule has 2 aromatic rings. The number of halogens is 1. The van der Waals surface area contributed by atoms with E-state index >= 15 is 0 Å². The molecule has 0 spiro atoms. The number of rotatable bonds is 3. The topological polar surface area (TPSA) is 53.1 Å². The number of benzene rings is 1. The predicted octanol–water partition coefficient (Wildman–Crippen LogP) is 3.03. The van der Waals surface area contributed by atoms with E-state index in [2.05, 4.69) is 5.10 Å². The highest BCUT2D eigenvalue weighted by Gasteiger charge is 2.15. The normalized spacial score (nSPS) is 10.7. The van der Waals surface area contributed by atoms with Crippen LogP contribution in [0.3, 0.4) is 0 Å². The summed E-state index contributed by atoms with van der Waals surface area (Å²) in [5.41, 5.74) is 7.93. The number of nitrogen functional groups attached to an aromatic ring is 1. The summed E-state index contributed by atoms with van der Waals surface area (Å²) in [7, 11) is 0. The lowest BCUT2D eigenvalue weighted by molar-refractivity contribution is 0.394. The monoisotopic (exact) mass is 249 g/mol. The molecule has 0 amide bonds. The van der Waals surface area contributed by atoms with Crippen LogP contribution < -0.4 is 10.5 Å². The Morgan fingerprint density at radius 2 is 2.11 bits per heavy atom. The molecule has 0 radical (unpaired) electrons. The summed E-state index contributed by atoms with van der Waals surface area (Å²) in [6.45, 7) is 6.20. The van der Waals surface area contributed by atoms with Gasteiger partial charge in [0.25, 0.3) is 0 Å². The van der Waals surface area contributed by atoms with Crippen LogP contribution in [0.15, 0.2) is 18.2 Å². The number of anilines is 1. The van der Waals surface area contributed by atoms with E-state index in [0.717, 1.165) is 5.56 Å². The molecular formula is C13H16FN3O. The molecule has 5 heteroatoms. The Kier molecular flexibility index (Phi) is 3.23. The summed E-state index contributed by atoms with van der Waals surface area (Å²) in [4.78, 5) is 0. The van der Waals surface area contributed by atoms with Gasteiger partial charge in [0, 0.05) is 6.54 Å². The summed E-state index contributed by atoms with van der Waals surface area (Å²) in [6.07, 6.45) is 0. The Labute approximate surface area is 105 Å². The standard InChI is InChI=1S/C13H16FN3O/c1-4-17-13(12(15)9(3)16-17)18-11-7-8(2)5-6-10(11)14/h5-7H,4,15H2,1-3H3. The number of hydrogen-bond donors (Lipinski definition) is 1. The summed E-state index contributed by atoms with van der Waals surface area (Å²) < 4.78 is 20.8. The molecule has 2 rings (SSSR count). The zero-order chi connectivity index (χ0) is 13.3. The molecule has 0 bridgehead atoms. The smallest absolute Gasteiger partial charge is 0.241 e. The number of hydrogen-bond acceptors (Lipinski definition) is 3. The summed E-state index contributed by atoms with van der Waals surface area (Å²) >= 11 is 0. The van der Waals surface area contributed by atoms with Gasteiger partial charge >= 0.3 is 0 Å². The molecule has 0 saturated carbocycles. The van der Waals surface area contributed by atoms with Crippen LogP contribution >= 0.6 is 0 Å². The van der Waals surface area contributed by atoms with Crippen molar-refractivity contribution in [3.63, 3.8) is 0 Å². The molecule has 0 aliphatic heterocycles. The SMILES string of the molecule is CCn1nc(C)c(N)c1Oc1cc(C)ccc1F. The summed E-state index contributed by atoms with van der Waals surface area (Å²) in [5.74, 6) is 0.136. The second-order valence-corrected chi connectivity index (χ2v) is 4.16. The molecule has 0 atom stereocenters. The van der Waals surface area contributed by atoms with Crippen LogP contribution in [0.4, 0.5) is 10.1 Å². The Morgan fingerprint density at radius 3 is 2.78 bits per heavy atom. The Balaban J connectivity index is 2.42. The molecule has 18 heavy (non-hydrogen) atoms. The van der Waals surface area contributed by atoms with Crippen molar-refractivity contribution in [1.82, 2.24) is 9.78 Å². The number of nitrogens with zero attached hydrogens (tertiary/aromatic N) is 2. The summed E-state index contributed by atoms with van der Waals surface area (Å²) in [6, 6.07) is 4.70. The molecule has 0 fully saturated rings. The Bertz CT molecular complexity index is 578. The van der Waals surface area contributed by atoms with Gasteiger partial charge in [-0.2, -0.15) is 5.10 Å². The van der Waals surface area contributed by atoms with Crippen LogP contribution in [0.25, 0.3) is 0 Å². The first-order valence-corrected chi connectivity index (χ1v) is 5.79. The number of aromatic nitrogens is 2. The van der Waals surface area contributed by atoms with Crippen molar-refractivity contribution in [2.45, 2.75) is 27.3 Å². The van der Waals surface area contributed by atoms with E-state index in [1.807, 2.05) is 13.8 Å². The highest BCUT2D eigenvalue weighted by Crippen LogP contribution is 2.31. The average molecular weight is 249 g/mol. The van der Waals surface area contributed by atoms with Crippen LogP contribution in [0, 0.1) is 19.7 Å². The van der Waals surface area contributed by atoms with Gasteiger partial charge in [0.15, 0.2) is 11.6 Å². The molecule has 1 heterocycles. The number of nitrogens with two attached hydrogens (primary N) is 1. The minimum absolute atomic E-state index is 0.163. The highest BCUT2D eigenvalue weighted by atomic mass is 19.1. The van der Waals surface area contributed by atoms with E-state index in [4.69, 9.17) is 10.5 Å². The fraction of sp³-hybridized carbons (Fsp3) is 0.308. The van der Waals surface area contributed by atoms with Crippen LogP contribution in [0.5, 0.6) is 11.6 Å². The third-order valence-electron chi connectivity index (χ3n) is 2.72. The molecule has 1 aromatic carbocycles. The second kappa shape index (κ2) is 4.68. The van der Waals surface area contributed by atoms with Gasteiger partial charge in [-0.3, -0.25) is 0 Å². The van der Waals surface area contributed by atoms with Crippen molar-refractivity contribution in [2.75, 3.05) is 5.73 Å². The fourth-order valence-electron chi connectivity index (χ4n) is 1.69. The lowest BCUT2D eigenvalue weighted by atomic mass is 10.2. The van der Waals surface area contributed by atoms with Gasteiger partial charge in [-0.15, -0.1) is 0 Å². The van der Waals surface area contributed by atoms with Crippen LogP contribution in [0.2, 0.25) is 0 Å². The summed E-state index contributed by atoms with van der Waals surface area (Å²) in [5, 5.41) is 4.22. The quantitative estimate of drug-likeness (QED) is 0.909. The maximum absolute atomic E-state index is 13.6. The van der Waals surface area contributed by atoms with Gasteiger partial charge in [0.2, 0.25) is 5.88 Å². The third kappa shape index (κ3) is 2.16. The molecule has 1 aromatic heterocycles. The van der Waals surface area contributed by atoms with Crippen LogP contribution in [-0.2, 0) is 6.54 Å². The van der Waals surface area contributed by atoms with Gasteiger partial charge in [-0.1, -0.05) is 6.07 Å². The Morgan fingerprint density at radius 1 is 1.39 bits per heavy atom. The molecule has 0 saturated heterocycles. The molecule has 0 unspecified atom stereocenters. The van der Waals surface area contributed by atoms with Crippen LogP contribution in [0.1, 0.15) is 18.2 Å². The molecule has 96 valence electrons. The predicted molar refractivity (Wildman–Crippen MR) is 68.3 cm³/mol. The van der Waals surface area contributed by atoms with Gasteiger partial charge in [-0.25, -0.2) is 9.07 Å². The first-order chi connectivity index (χ1) is 8.52. The van der Waals surface area contributed by atoms with Crippen molar-refractivity contribution in [2.24, 2.45) is 0 Å². The van der Waals surface area contributed by atoms with E-state index in [0.29, 0.717) is 23.8 Å². The van der Waals surface area contributed by atoms with E-state index in [1.54, 1.807) is 23.7 Å².